The maximum Gasteiger partial charge on any atom is 0.326 e. The van der Waals surface area contributed by atoms with Crippen LogP contribution in [0.2, 0.25) is 0 Å². The zero-order chi connectivity index (χ0) is 15.7. The number of carbonyl (C=O) groups is 4. The van der Waals surface area contributed by atoms with Gasteiger partial charge in [0.05, 0.1) is 11.8 Å². The second kappa shape index (κ2) is 5.71. The molecule has 0 aromatic rings. The third-order valence-corrected chi connectivity index (χ3v) is 3.99. The SMILES string of the molecule is C[C@H](NC(=O)C1CC1C(=O)O)C(=O)N1CCC[C@H]1C(=O)O. The molecule has 0 spiro atoms. The summed E-state index contributed by atoms with van der Waals surface area (Å²) in [7, 11) is 0. The number of hydrogen-bond donors (Lipinski definition) is 3. The zero-order valence-electron chi connectivity index (χ0n) is 11.6. The fraction of sp³-hybridized carbons (Fsp3) is 0.692. The van der Waals surface area contributed by atoms with Crippen molar-refractivity contribution in [2.75, 3.05) is 6.54 Å². The van der Waals surface area contributed by atoms with Crippen LogP contribution in [0.4, 0.5) is 0 Å². The minimum Gasteiger partial charge on any atom is -0.481 e. The molecule has 1 saturated heterocycles. The minimum absolute atomic E-state index is 0.281. The first-order valence-corrected chi connectivity index (χ1v) is 6.89. The predicted molar refractivity (Wildman–Crippen MR) is 69.2 cm³/mol. The highest BCUT2D eigenvalue weighted by Crippen LogP contribution is 2.38. The Labute approximate surface area is 121 Å². The van der Waals surface area contributed by atoms with Crippen LogP contribution in [0, 0.1) is 11.8 Å². The van der Waals surface area contributed by atoms with E-state index in [0.717, 1.165) is 0 Å². The molecule has 0 bridgehead atoms. The first-order valence-electron chi connectivity index (χ1n) is 6.89. The fourth-order valence-electron chi connectivity index (χ4n) is 2.68. The number of carboxylic acids is 2. The molecular formula is C13H18N2O6. The molecule has 3 N–H and O–H groups in total. The lowest BCUT2D eigenvalue weighted by Gasteiger charge is -2.25. The van der Waals surface area contributed by atoms with Crippen molar-refractivity contribution in [2.24, 2.45) is 11.8 Å². The van der Waals surface area contributed by atoms with Gasteiger partial charge >= 0.3 is 11.9 Å². The van der Waals surface area contributed by atoms with Gasteiger partial charge in [0.15, 0.2) is 0 Å². The van der Waals surface area contributed by atoms with Gasteiger partial charge in [0.2, 0.25) is 11.8 Å². The summed E-state index contributed by atoms with van der Waals surface area (Å²) in [6.45, 7) is 1.84. The standard InChI is InChI=1S/C13H18N2O6/c1-6(14-10(16)7-5-8(7)12(18)19)11(17)15-4-2-3-9(15)13(20)21/h6-9H,2-5H2,1H3,(H,14,16)(H,18,19)(H,20,21)/t6-,7?,8?,9-/m0/s1. The van der Waals surface area contributed by atoms with Crippen LogP contribution in [-0.4, -0.2) is 57.5 Å². The summed E-state index contributed by atoms with van der Waals surface area (Å²) in [5.41, 5.74) is 0. The Morgan fingerprint density at radius 2 is 1.81 bits per heavy atom. The fourth-order valence-corrected chi connectivity index (χ4v) is 2.68. The van der Waals surface area contributed by atoms with E-state index >= 15 is 0 Å². The van der Waals surface area contributed by atoms with Gasteiger partial charge in [-0.15, -0.1) is 0 Å². The quantitative estimate of drug-likeness (QED) is 0.616. The lowest BCUT2D eigenvalue weighted by molar-refractivity contribution is -0.149. The van der Waals surface area contributed by atoms with Gasteiger partial charge in [0, 0.05) is 6.54 Å². The van der Waals surface area contributed by atoms with Crippen molar-refractivity contribution < 1.29 is 29.4 Å². The Morgan fingerprint density at radius 1 is 1.14 bits per heavy atom. The summed E-state index contributed by atoms with van der Waals surface area (Å²) >= 11 is 0. The maximum absolute atomic E-state index is 12.2. The van der Waals surface area contributed by atoms with E-state index in [9.17, 15) is 19.2 Å². The van der Waals surface area contributed by atoms with Crippen molar-refractivity contribution in [3.05, 3.63) is 0 Å². The van der Waals surface area contributed by atoms with E-state index in [4.69, 9.17) is 10.2 Å². The molecule has 21 heavy (non-hydrogen) atoms. The number of rotatable bonds is 5. The average molecular weight is 298 g/mol. The van der Waals surface area contributed by atoms with Gasteiger partial charge in [-0.2, -0.15) is 0 Å². The lowest BCUT2D eigenvalue weighted by atomic mass is 10.2. The van der Waals surface area contributed by atoms with Crippen LogP contribution in [0.5, 0.6) is 0 Å². The Kier molecular flexibility index (Phi) is 4.15. The Balaban J connectivity index is 1.90. The lowest BCUT2D eigenvalue weighted by Crippen LogP contribution is -2.50. The Bertz CT molecular complexity index is 491. The molecule has 8 nitrogen and oxygen atoms in total. The smallest absolute Gasteiger partial charge is 0.326 e. The molecule has 0 aromatic carbocycles. The minimum atomic E-state index is -1.05. The molecule has 2 unspecified atom stereocenters. The van der Waals surface area contributed by atoms with Crippen LogP contribution >= 0.6 is 0 Å². The summed E-state index contributed by atoms with van der Waals surface area (Å²) in [5, 5.41) is 20.3. The van der Waals surface area contributed by atoms with Crippen LogP contribution < -0.4 is 5.32 Å². The van der Waals surface area contributed by atoms with E-state index in [2.05, 4.69) is 5.32 Å². The van der Waals surface area contributed by atoms with Crippen LogP contribution in [0.25, 0.3) is 0 Å². The van der Waals surface area contributed by atoms with Crippen LogP contribution in [0.1, 0.15) is 26.2 Å². The summed E-state index contributed by atoms with van der Waals surface area (Å²) in [6.07, 6.45) is 1.31. The van der Waals surface area contributed by atoms with E-state index in [1.54, 1.807) is 0 Å². The summed E-state index contributed by atoms with van der Waals surface area (Å²) in [5.74, 6) is -4.24. The molecule has 1 heterocycles. The number of amides is 2. The van der Waals surface area contributed by atoms with Crippen LogP contribution in [0.3, 0.4) is 0 Å². The molecule has 2 rings (SSSR count). The average Bonchev–Trinajstić information content (AvgIpc) is 3.07. The van der Waals surface area contributed by atoms with Crippen molar-refractivity contribution in [3.8, 4) is 0 Å². The van der Waals surface area contributed by atoms with Crippen molar-refractivity contribution in [3.63, 3.8) is 0 Å². The number of hydrogen-bond acceptors (Lipinski definition) is 4. The molecule has 0 radical (unpaired) electrons. The maximum atomic E-state index is 12.2. The third-order valence-electron chi connectivity index (χ3n) is 3.99. The number of likely N-dealkylation sites (tertiary alicyclic amines) is 1. The number of carboxylic acid groups (broad SMARTS) is 2. The highest BCUT2D eigenvalue weighted by Gasteiger charge is 2.49. The predicted octanol–water partition coefficient (Wildman–Crippen LogP) is -0.713. The normalized spacial score (nSPS) is 28.8. The van der Waals surface area contributed by atoms with Crippen molar-refractivity contribution in [1.82, 2.24) is 10.2 Å². The van der Waals surface area contributed by atoms with Crippen molar-refractivity contribution in [1.29, 1.82) is 0 Å². The van der Waals surface area contributed by atoms with E-state index in [0.29, 0.717) is 19.4 Å². The number of nitrogens with one attached hydrogen (secondary N) is 1. The number of nitrogens with zero attached hydrogens (tertiary/aromatic N) is 1. The monoisotopic (exact) mass is 298 g/mol. The van der Waals surface area contributed by atoms with Gasteiger partial charge in [-0.05, 0) is 26.2 Å². The summed E-state index contributed by atoms with van der Waals surface area (Å²) in [4.78, 5) is 47.0. The van der Waals surface area contributed by atoms with E-state index < -0.39 is 47.7 Å². The van der Waals surface area contributed by atoms with Gasteiger partial charge in [-0.3, -0.25) is 14.4 Å². The van der Waals surface area contributed by atoms with Gasteiger partial charge < -0.3 is 20.4 Å². The molecule has 8 heteroatoms. The van der Waals surface area contributed by atoms with Gasteiger partial charge in [0.1, 0.15) is 12.1 Å². The molecule has 116 valence electrons. The van der Waals surface area contributed by atoms with Crippen LogP contribution in [0.15, 0.2) is 0 Å². The Hall–Kier alpha value is -2.12. The second-order valence-electron chi connectivity index (χ2n) is 5.55. The molecular weight excluding hydrogens is 280 g/mol. The highest BCUT2D eigenvalue weighted by molar-refractivity contribution is 5.94. The molecule has 1 saturated carbocycles. The first-order chi connectivity index (χ1) is 9.82. The molecule has 2 amide bonds. The van der Waals surface area contributed by atoms with Gasteiger partial charge in [-0.1, -0.05) is 0 Å². The summed E-state index contributed by atoms with van der Waals surface area (Å²) < 4.78 is 0. The van der Waals surface area contributed by atoms with Gasteiger partial charge in [0.25, 0.3) is 0 Å². The summed E-state index contributed by atoms with van der Waals surface area (Å²) in [6, 6.07) is -1.70. The topological polar surface area (TPSA) is 124 Å². The second-order valence-corrected chi connectivity index (χ2v) is 5.55. The molecule has 1 aliphatic heterocycles. The van der Waals surface area contributed by atoms with E-state index in [1.807, 2.05) is 0 Å². The van der Waals surface area contributed by atoms with E-state index in [1.165, 1.54) is 11.8 Å². The van der Waals surface area contributed by atoms with Gasteiger partial charge in [-0.25, -0.2) is 4.79 Å². The molecule has 0 aromatic heterocycles. The van der Waals surface area contributed by atoms with E-state index in [-0.39, 0.29) is 6.42 Å². The van der Waals surface area contributed by atoms with Crippen molar-refractivity contribution in [2.45, 2.75) is 38.3 Å². The van der Waals surface area contributed by atoms with Crippen molar-refractivity contribution >= 4 is 23.8 Å². The third kappa shape index (κ3) is 3.14. The molecule has 2 fully saturated rings. The highest BCUT2D eigenvalue weighted by atomic mass is 16.4. The number of aliphatic carboxylic acids is 2. The first kappa shape index (κ1) is 15.3. The Morgan fingerprint density at radius 3 is 2.33 bits per heavy atom. The molecule has 1 aliphatic carbocycles. The number of carbonyl (C=O) groups excluding carboxylic acids is 2. The molecule has 4 atom stereocenters. The largest absolute Gasteiger partial charge is 0.481 e. The van der Waals surface area contributed by atoms with Crippen LogP contribution in [-0.2, 0) is 19.2 Å². The molecule has 2 aliphatic rings. The zero-order valence-corrected chi connectivity index (χ0v) is 11.6.